The quantitative estimate of drug-likeness (QED) is 0.907. The smallest absolute Gasteiger partial charge is 0.478 e. The van der Waals surface area contributed by atoms with Gasteiger partial charge in [0.25, 0.3) is 0 Å². The lowest BCUT2D eigenvalue weighted by atomic mass is 10.0. The Morgan fingerprint density at radius 1 is 1.09 bits per heavy atom. The molecule has 116 valence electrons. The van der Waals surface area contributed by atoms with E-state index in [-0.39, 0.29) is 6.61 Å². The number of aromatic carboxylic acids is 1. The Kier molecular flexibility index (Phi) is 4.37. The molecule has 0 aliphatic heterocycles. The molecule has 0 spiro atoms. The summed E-state index contributed by atoms with van der Waals surface area (Å²) < 4.78 is 40.5. The fourth-order valence-corrected chi connectivity index (χ4v) is 1.94. The molecule has 2 rings (SSSR count). The number of aliphatic hydroxyl groups is 1. The molecule has 0 atom stereocenters. The second-order valence-electron chi connectivity index (χ2n) is 4.42. The van der Waals surface area contributed by atoms with E-state index in [0.29, 0.717) is 16.7 Å². The maximum Gasteiger partial charge on any atom is 0.573 e. The Hall–Kier alpha value is -2.54. The molecule has 0 aliphatic carbocycles. The van der Waals surface area contributed by atoms with E-state index in [1.165, 1.54) is 6.07 Å². The Labute approximate surface area is 123 Å². The predicted octanol–water partition coefficient (Wildman–Crippen LogP) is 3.44. The van der Waals surface area contributed by atoms with Gasteiger partial charge in [0.1, 0.15) is 11.3 Å². The van der Waals surface area contributed by atoms with Gasteiger partial charge >= 0.3 is 12.3 Å². The third-order valence-corrected chi connectivity index (χ3v) is 2.88. The second-order valence-corrected chi connectivity index (χ2v) is 4.42. The molecule has 0 fully saturated rings. The molecule has 0 heterocycles. The number of ether oxygens (including phenoxy) is 1. The number of rotatable bonds is 4. The van der Waals surface area contributed by atoms with Crippen LogP contribution in [0.25, 0.3) is 11.1 Å². The monoisotopic (exact) mass is 312 g/mol. The Bertz CT molecular complexity index is 695. The van der Waals surface area contributed by atoms with Gasteiger partial charge in [0.05, 0.1) is 6.61 Å². The number of halogens is 3. The van der Waals surface area contributed by atoms with Gasteiger partial charge in [-0.15, -0.1) is 13.2 Å². The number of aliphatic hydroxyl groups excluding tert-OH is 1. The van der Waals surface area contributed by atoms with Crippen molar-refractivity contribution in [3.05, 3.63) is 53.6 Å². The lowest BCUT2D eigenvalue weighted by Gasteiger charge is -2.13. The summed E-state index contributed by atoms with van der Waals surface area (Å²) >= 11 is 0. The molecule has 7 heteroatoms. The van der Waals surface area contributed by atoms with Crippen molar-refractivity contribution in [1.82, 2.24) is 0 Å². The average Bonchev–Trinajstić information content (AvgIpc) is 2.46. The first-order valence-electron chi connectivity index (χ1n) is 6.13. The van der Waals surface area contributed by atoms with Gasteiger partial charge in [-0.25, -0.2) is 4.79 Å². The number of benzene rings is 2. The minimum Gasteiger partial charge on any atom is -0.478 e. The van der Waals surface area contributed by atoms with Crippen molar-refractivity contribution in [1.29, 1.82) is 0 Å². The topological polar surface area (TPSA) is 66.8 Å². The van der Waals surface area contributed by atoms with Gasteiger partial charge in [0.2, 0.25) is 0 Å². The normalized spacial score (nSPS) is 11.3. The van der Waals surface area contributed by atoms with Crippen molar-refractivity contribution in [2.45, 2.75) is 13.0 Å². The molecule has 2 N–H and O–H groups in total. The lowest BCUT2D eigenvalue weighted by Crippen LogP contribution is -2.19. The fourth-order valence-electron chi connectivity index (χ4n) is 1.94. The van der Waals surface area contributed by atoms with Crippen LogP contribution in [0.3, 0.4) is 0 Å². The molecule has 0 aliphatic rings. The zero-order valence-corrected chi connectivity index (χ0v) is 11.1. The summed E-state index contributed by atoms with van der Waals surface area (Å²) in [6.45, 7) is -0.200. The fraction of sp³-hybridized carbons (Fsp3) is 0.133. The van der Waals surface area contributed by atoms with Gasteiger partial charge in [0, 0.05) is 0 Å². The highest BCUT2D eigenvalue weighted by Gasteiger charge is 2.33. The second kappa shape index (κ2) is 6.07. The molecule has 2 aromatic carbocycles. The van der Waals surface area contributed by atoms with Crippen molar-refractivity contribution in [3.63, 3.8) is 0 Å². The summed E-state index contributed by atoms with van der Waals surface area (Å²) in [7, 11) is 0. The third kappa shape index (κ3) is 3.76. The molecule has 0 radical (unpaired) electrons. The third-order valence-electron chi connectivity index (χ3n) is 2.88. The molecule has 0 bridgehead atoms. The summed E-state index contributed by atoms with van der Waals surface area (Å²) in [6, 6.07) is 9.97. The first kappa shape index (κ1) is 15.8. The van der Waals surface area contributed by atoms with Crippen LogP contribution in [0.15, 0.2) is 42.5 Å². The highest BCUT2D eigenvalue weighted by molar-refractivity contribution is 5.92. The van der Waals surface area contributed by atoms with Crippen molar-refractivity contribution in [2.24, 2.45) is 0 Å². The van der Waals surface area contributed by atoms with E-state index in [1.54, 1.807) is 24.3 Å². The van der Waals surface area contributed by atoms with Crippen LogP contribution >= 0.6 is 0 Å². The molecule has 0 saturated heterocycles. The lowest BCUT2D eigenvalue weighted by molar-refractivity contribution is -0.274. The maximum absolute atomic E-state index is 12.3. The molecule has 22 heavy (non-hydrogen) atoms. The first-order valence-corrected chi connectivity index (χ1v) is 6.13. The van der Waals surface area contributed by atoms with Crippen LogP contribution in [0.4, 0.5) is 13.2 Å². The average molecular weight is 312 g/mol. The zero-order valence-electron chi connectivity index (χ0n) is 11.1. The summed E-state index contributed by atoms with van der Waals surface area (Å²) in [4.78, 5) is 11.1. The van der Waals surface area contributed by atoms with Gasteiger partial charge in [-0.05, 0) is 34.9 Å². The first-order chi connectivity index (χ1) is 10.3. The molecule has 4 nitrogen and oxygen atoms in total. The van der Waals surface area contributed by atoms with E-state index < -0.39 is 23.6 Å². The van der Waals surface area contributed by atoms with Crippen LogP contribution in [0, 0.1) is 0 Å². The Morgan fingerprint density at radius 3 is 2.36 bits per heavy atom. The molecule has 0 aromatic heterocycles. The summed E-state index contributed by atoms with van der Waals surface area (Å²) in [5, 5.41) is 18.1. The van der Waals surface area contributed by atoms with Crippen LogP contribution in [-0.2, 0) is 6.61 Å². The number of carboxylic acids is 1. The van der Waals surface area contributed by atoms with E-state index in [9.17, 15) is 18.0 Å². The number of carboxylic acid groups (broad SMARTS) is 1. The highest BCUT2D eigenvalue weighted by Crippen LogP contribution is 2.31. The van der Waals surface area contributed by atoms with Gasteiger partial charge in [-0.3, -0.25) is 0 Å². The highest BCUT2D eigenvalue weighted by atomic mass is 19.4. The number of alkyl halides is 3. The predicted molar refractivity (Wildman–Crippen MR) is 71.4 cm³/mol. The van der Waals surface area contributed by atoms with Crippen LogP contribution in [0.5, 0.6) is 5.75 Å². The van der Waals surface area contributed by atoms with E-state index in [1.807, 2.05) is 0 Å². The molecular weight excluding hydrogens is 301 g/mol. The van der Waals surface area contributed by atoms with Gasteiger partial charge in [0.15, 0.2) is 0 Å². The Morgan fingerprint density at radius 2 is 1.77 bits per heavy atom. The summed E-state index contributed by atoms with van der Waals surface area (Å²) in [6.07, 6.45) is -4.97. The van der Waals surface area contributed by atoms with Crippen LogP contribution in [0.1, 0.15) is 15.9 Å². The van der Waals surface area contributed by atoms with E-state index >= 15 is 0 Å². The van der Waals surface area contributed by atoms with Crippen molar-refractivity contribution < 1.29 is 32.9 Å². The van der Waals surface area contributed by atoms with Crippen LogP contribution < -0.4 is 4.74 Å². The molecular formula is C15H11F3O4. The number of hydrogen-bond donors (Lipinski definition) is 2. The molecule has 2 aromatic rings. The maximum atomic E-state index is 12.3. The summed E-state index contributed by atoms with van der Waals surface area (Å²) in [5.41, 5.74) is 0.990. The van der Waals surface area contributed by atoms with Crippen LogP contribution in [-0.4, -0.2) is 22.5 Å². The molecule has 0 amide bonds. The van der Waals surface area contributed by atoms with E-state index in [2.05, 4.69) is 4.74 Å². The largest absolute Gasteiger partial charge is 0.573 e. The van der Waals surface area contributed by atoms with Crippen molar-refractivity contribution >= 4 is 5.97 Å². The van der Waals surface area contributed by atoms with Gasteiger partial charge in [-0.2, -0.15) is 0 Å². The van der Waals surface area contributed by atoms with Crippen molar-refractivity contribution in [2.75, 3.05) is 0 Å². The van der Waals surface area contributed by atoms with Gasteiger partial charge < -0.3 is 14.9 Å². The number of hydrogen-bond acceptors (Lipinski definition) is 3. The van der Waals surface area contributed by atoms with E-state index in [4.69, 9.17) is 10.2 Å². The summed E-state index contributed by atoms with van der Waals surface area (Å²) in [5.74, 6) is -2.30. The van der Waals surface area contributed by atoms with Gasteiger partial charge in [-0.1, -0.05) is 24.3 Å². The SMILES string of the molecule is O=C(O)c1cc(-c2cccc(CO)c2)ccc1OC(F)(F)F. The minimum absolute atomic E-state index is 0.200. The van der Waals surface area contributed by atoms with Crippen molar-refractivity contribution in [3.8, 4) is 16.9 Å². The molecule has 0 saturated carbocycles. The van der Waals surface area contributed by atoms with Crippen LogP contribution in [0.2, 0.25) is 0 Å². The zero-order chi connectivity index (χ0) is 16.3. The number of carbonyl (C=O) groups is 1. The Balaban J connectivity index is 2.47. The molecule has 0 unspecified atom stereocenters. The standard InChI is InChI=1S/C15H11F3O4/c16-15(17,18)22-13-5-4-11(7-12(13)14(20)21)10-3-1-2-9(6-10)8-19/h1-7,19H,8H2,(H,20,21). The van der Waals surface area contributed by atoms with E-state index in [0.717, 1.165) is 12.1 Å². The minimum atomic E-state index is -4.97.